The van der Waals surface area contributed by atoms with E-state index in [-0.39, 0.29) is 11.7 Å². The standard InChI is InChI=1S/C14H8BrCl2FN2/c15-9-6-8(18)4-5-11(9)20-12-3-1-2-10(17)14(12)19-13(20)7-16/h1-6H,7H2. The highest BCUT2D eigenvalue weighted by Gasteiger charge is 2.15. The lowest BCUT2D eigenvalue weighted by Crippen LogP contribution is -2.00. The first-order chi connectivity index (χ1) is 9.61. The number of rotatable bonds is 2. The van der Waals surface area contributed by atoms with Crippen LogP contribution < -0.4 is 0 Å². The van der Waals surface area contributed by atoms with Gasteiger partial charge in [0.25, 0.3) is 0 Å². The smallest absolute Gasteiger partial charge is 0.129 e. The van der Waals surface area contributed by atoms with E-state index in [1.165, 1.54) is 12.1 Å². The van der Waals surface area contributed by atoms with Crippen molar-refractivity contribution in [3.63, 3.8) is 0 Å². The van der Waals surface area contributed by atoms with Crippen LogP contribution in [0.3, 0.4) is 0 Å². The Morgan fingerprint density at radius 2 is 2.05 bits per heavy atom. The second-order valence-corrected chi connectivity index (χ2v) is 5.73. The number of fused-ring (bicyclic) bond motifs is 1. The molecule has 0 amide bonds. The lowest BCUT2D eigenvalue weighted by atomic mass is 10.2. The summed E-state index contributed by atoms with van der Waals surface area (Å²) in [5.74, 6) is 0.576. The first kappa shape index (κ1) is 13.9. The van der Waals surface area contributed by atoms with Gasteiger partial charge in [0, 0.05) is 4.47 Å². The molecule has 3 aromatic rings. The van der Waals surface area contributed by atoms with Crippen LogP contribution in [0.4, 0.5) is 4.39 Å². The molecule has 0 saturated heterocycles. The topological polar surface area (TPSA) is 17.8 Å². The Labute approximate surface area is 133 Å². The zero-order valence-corrected chi connectivity index (χ0v) is 13.2. The average molecular weight is 374 g/mol. The fourth-order valence-electron chi connectivity index (χ4n) is 2.13. The normalized spacial score (nSPS) is 11.2. The van der Waals surface area contributed by atoms with E-state index in [1.807, 2.05) is 16.7 Å². The molecule has 3 rings (SSSR count). The molecular formula is C14H8BrCl2FN2. The van der Waals surface area contributed by atoms with Crippen molar-refractivity contribution in [2.75, 3.05) is 0 Å². The summed E-state index contributed by atoms with van der Waals surface area (Å²) < 4.78 is 15.7. The summed E-state index contributed by atoms with van der Waals surface area (Å²) in [4.78, 5) is 4.46. The van der Waals surface area contributed by atoms with Crippen molar-refractivity contribution < 1.29 is 4.39 Å². The van der Waals surface area contributed by atoms with Crippen LogP contribution in [-0.2, 0) is 5.88 Å². The van der Waals surface area contributed by atoms with Gasteiger partial charge < -0.3 is 0 Å². The number of halogens is 4. The highest BCUT2D eigenvalue weighted by molar-refractivity contribution is 9.10. The molecule has 0 aliphatic carbocycles. The van der Waals surface area contributed by atoms with Crippen molar-refractivity contribution in [3.05, 3.63) is 57.5 Å². The predicted molar refractivity (Wildman–Crippen MR) is 83.3 cm³/mol. The van der Waals surface area contributed by atoms with Gasteiger partial charge in [0.1, 0.15) is 17.2 Å². The predicted octanol–water partition coefficient (Wildman–Crippen LogP) is 5.32. The van der Waals surface area contributed by atoms with Gasteiger partial charge in [-0.3, -0.25) is 4.57 Å². The Balaban J connectivity index is 2.37. The third-order valence-corrected chi connectivity index (χ3v) is 4.15. The van der Waals surface area contributed by atoms with Crippen molar-refractivity contribution in [3.8, 4) is 5.69 Å². The van der Waals surface area contributed by atoms with Crippen LogP contribution in [0.2, 0.25) is 5.02 Å². The zero-order valence-electron chi connectivity index (χ0n) is 10.1. The second-order valence-electron chi connectivity index (χ2n) is 4.20. The molecule has 0 spiro atoms. The fraction of sp³-hybridized carbons (Fsp3) is 0.0714. The van der Waals surface area contributed by atoms with E-state index in [0.29, 0.717) is 20.8 Å². The first-order valence-corrected chi connectivity index (χ1v) is 7.49. The SMILES string of the molecule is Fc1ccc(-n2c(CCl)nc3c(Cl)cccc32)c(Br)c1. The Bertz CT molecular complexity index is 801. The van der Waals surface area contributed by atoms with Gasteiger partial charge in [-0.05, 0) is 46.3 Å². The van der Waals surface area contributed by atoms with Gasteiger partial charge in [-0.1, -0.05) is 17.7 Å². The van der Waals surface area contributed by atoms with Crippen LogP contribution in [-0.4, -0.2) is 9.55 Å². The molecule has 0 saturated carbocycles. The van der Waals surface area contributed by atoms with Crippen LogP contribution in [0.15, 0.2) is 40.9 Å². The molecular weight excluding hydrogens is 366 g/mol. The molecule has 2 nitrogen and oxygen atoms in total. The van der Waals surface area contributed by atoms with E-state index < -0.39 is 0 Å². The largest absolute Gasteiger partial charge is 0.294 e. The van der Waals surface area contributed by atoms with Gasteiger partial charge in [-0.15, -0.1) is 11.6 Å². The summed E-state index contributed by atoms with van der Waals surface area (Å²) in [5.41, 5.74) is 2.29. The van der Waals surface area contributed by atoms with E-state index in [0.717, 1.165) is 11.2 Å². The van der Waals surface area contributed by atoms with Crippen LogP contribution in [0, 0.1) is 5.82 Å². The highest BCUT2D eigenvalue weighted by atomic mass is 79.9. The third kappa shape index (κ3) is 2.22. The van der Waals surface area contributed by atoms with Crippen molar-refractivity contribution in [1.29, 1.82) is 0 Å². The van der Waals surface area contributed by atoms with Crippen molar-refractivity contribution >= 4 is 50.2 Å². The van der Waals surface area contributed by atoms with E-state index in [1.54, 1.807) is 12.1 Å². The summed E-state index contributed by atoms with van der Waals surface area (Å²) in [6.45, 7) is 0. The Morgan fingerprint density at radius 1 is 1.25 bits per heavy atom. The number of alkyl halides is 1. The molecule has 0 atom stereocenters. The van der Waals surface area contributed by atoms with Crippen LogP contribution in [0.25, 0.3) is 16.7 Å². The van der Waals surface area contributed by atoms with Crippen LogP contribution in [0.1, 0.15) is 5.82 Å². The summed E-state index contributed by atoms with van der Waals surface area (Å²) in [6.07, 6.45) is 0. The zero-order chi connectivity index (χ0) is 14.3. The fourth-order valence-corrected chi connectivity index (χ4v) is 3.05. The summed E-state index contributed by atoms with van der Waals surface area (Å²) in [7, 11) is 0. The molecule has 1 heterocycles. The van der Waals surface area contributed by atoms with E-state index >= 15 is 0 Å². The summed E-state index contributed by atoms with van der Waals surface area (Å²) in [6, 6.07) is 10.0. The van der Waals surface area contributed by atoms with Gasteiger partial charge in [0.15, 0.2) is 0 Å². The van der Waals surface area contributed by atoms with E-state index in [2.05, 4.69) is 20.9 Å². The van der Waals surface area contributed by atoms with Crippen molar-refractivity contribution in [2.24, 2.45) is 0 Å². The lowest BCUT2D eigenvalue weighted by Gasteiger charge is -2.10. The maximum atomic E-state index is 13.2. The molecule has 0 aliphatic rings. The number of hydrogen-bond acceptors (Lipinski definition) is 1. The lowest BCUT2D eigenvalue weighted by molar-refractivity contribution is 0.626. The highest BCUT2D eigenvalue weighted by Crippen LogP contribution is 2.31. The van der Waals surface area contributed by atoms with Crippen molar-refractivity contribution in [2.45, 2.75) is 5.88 Å². The maximum absolute atomic E-state index is 13.2. The number of aromatic nitrogens is 2. The quantitative estimate of drug-likeness (QED) is 0.556. The van der Waals surface area contributed by atoms with Gasteiger partial charge in [0.2, 0.25) is 0 Å². The Kier molecular flexibility index (Phi) is 3.71. The number of para-hydroxylation sites is 1. The minimum Gasteiger partial charge on any atom is -0.294 e. The van der Waals surface area contributed by atoms with Gasteiger partial charge in [-0.2, -0.15) is 0 Å². The Hall–Kier alpha value is -1.10. The molecule has 0 bridgehead atoms. The molecule has 6 heteroatoms. The number of hydrogen-bond donors (Lipinski definition) is 0. The monoisotopic (exact) mass is 372 g/mol. The van der Waals surface area contributed by atoms with Crippen molar-refractivity contribution in [1.82, 2.24) is 9.55 Å². The van der Waals surface area contributed by atoms with Crippen LogP contribution in [0.5, 0.6) is 0 Å². The summed E-state index contributed by atoms with van der Waals surface area (Å²) in [5, 5.41) is 0.561. The molecule has 102 valence electrons. The molecule has 0 N–H and O–H groups in total. The van der Waals surface area contributed by atoms with Gasteiger partial charge in [-0.25, -0.2) is 9.37 Å². The van der Waals surface area contributed by atoms with E-state index in [4.69, 9.17) is 23.2 Å². The molecule has 0 fully saturated rings. The molecule has 0 unspecified atom stereocenters. The molecule has 0 aliphatic heterocycles. The average Bonchev–Trinajstić information content (AvgIpc) is 2.79. The van der Waals surface area contributed by atoms with Gasteiger partial charge in [0.05, 0.1) is 22.1 Å². The minimum atomic E-state index is -0.310. The van der Waals surface area contributed by atoms with Gasteiger partial charge >= 0.3 is 0 Å². The molecule has 2 aromatic carbocycles. The summed E-state index contributed by atoms with van der Waals surface area (Å²) >= 11 is 15.5. The van der Waals surface area contributed by atoms with E-state index in [9.17, 15) is 4.39 Å². The Morgan fingerprint density at radius 3 is 2.75 bits per heavy atom. The number of imidazole rings is 1. The van der Waals surface area contributed by atoms with Crippen LogP contribution >= 0.6 is 39.1 Å². The minimum absolute atomic E-state index is 0.231. The maximum Gasteiger partial charge on any atom is 0.129 e. The number of benzene rings is 2. The molecule has 0 radical (unpaired) electrons. The number of nitrogens with zero attached hydrogens (tertiary/aromatic N) is 2. The second kappa shape index (κ2) is 5.35. The third-order valence-electron chi connectivity index (χ3n) is 2.98. The molecule has 1 aromatic heterocycles. The molecule has 20 heavy (non-hydrogen) atoms. The first-order valence-electron chi connectivity index (χ1n) is 5.79.